The van der Waals surface area contributed by atoms with E-state index in [1.54, 1.807) is 4.90 Å². The first-order valence-electron chi connectivity index (χ1n) is 9.44. The SMILES string of the molecule is CCNC(=O)C1(N)CCCN(C2CCN(C(=O)OC(C)(C)C)CC2)C1. The summed E-state index contributed by atoms with van der Waals surface area (Å²) in [4.78, 5) is 28.6. The molecule has 2 heterocycles. The number of hydrogen-bond acceptors (Lipinski definition) is 5. The van der Waals surface area contributed by atoms with Gasteiger partial charge in [0.05, 0.1) is 0 Å². The smallest absolute Gasteiger partial charge is 0.410 e. The number of hydrogen-bond donors (Lipinski definition) is 2. The lowest BCUT2D eigenvalue weighted by atomic mass is 9.87. The third-order valence-electron chi connectivity index (χ3n) is 4.98. The summed E-state index contributed by atoms with van der Waals surface area (Å²) in [6.45, 7) is 11.1. The minimum absolute atomic E-state index is 0.0501. The summed E-state index contributed by atoms with van der Waals surface area (Å²) in [7, 11) is 0. The normalized spacial score (nSPS) is 26.4. The van der Waals surface area contributed by atoms with Crippen molar-refractivity contribution in [3.63, 3.8) is 0 Å². The van der Waals surface area contributed by atoms with E-state index >= 15 is 0 Å². The topological polar surface area (TPSA) is 87.9 Å². The lowest BCUT2D eigenvalue weighted by molar-refractivity contribution is -0.128. The molecule has 1 unspecified atom stereocenters. The zero-order chi connectivity index (χ0) is 18.7. The minimum atomic E-state index is -0.795. The van der Waals surface area contributed by atoms with Gasteiger partial charge < -0.3 is 20.7 Å². The van der Waals surface area contributed by atoms with Gasteiger partial charge in [-0.1, -0.05) is 0 Å². The first kappa shape index (κ1) is 20.0. The molecule has 3 N–H and O–H groups in total. The van der Waals surface area contributed by atoms with E-state index in [4.69, 9.17) is 10.5 Å². The first-order chi connectivity index (χ1) is 11.6. The van der Waals surface area contributed by atoms with E-state index in [1.165, 1.54) is 0 Å². The molecule has 2 rings (SSSR count). The number of likely N-dealkylation sites (tertiary alicyclic amines) is 2. The van der Waals surface area contributed by atoms with E-state index in [9.17, 15) is 9.59 Å². The van der Waals surface area contributed by atoms with Crippen LogP contribution < -0.4 is 11.1 Å². The Balaban J connectivity index is 1.88. The summed E-state index contributed by atoms with van der Waals surface area (Å²) in [5.41, 5.74) is 5.13. The van der Waals surface area contributed by atoms with Crippen LogP contribution in [0.1, 0.15) is 53.4 Å². The number of carbonyl (C=O) groups excluding carboxylic acids is 2. The van der Waals surface area contributed by atoms with Gasteiger partial charge in [-0.25, -0.2) is 4.79 Å². The number of rotatable bonds is 3. The van der Waals surface area contributed by atoms with Gasteiger partial charge >= 0.3 is 6.09 Å². The quantitative estimate of drug-likeness (QED) is 0.798. The van der Waals surface area contributed by atoms with Gasteiger partial charge in [0.1, 0.15) is 11.1 Å². The highest BCUT2D eigenvalue weighted by molar-refractivity contribution is 5.86. The van der Waals surface area contributed by atoms with Crippen molar-refractivity contribution in [2.45, 2.75) is 70.6 Å². The predicted octanol–water partition coefficient (Wildman–Crippen LogP) is 1.32. The molecule has 7 heteroatoms. The lowest BCUT2D eigenvalue weighted by Crippen LogP contribution is -2.64. The largest absolute Gasteiger partial charge is 0.444 e. The van der Waals surface area contributed by atoms with E-state index in [-0.39, 0.29) is 12.0 Å². The van der Waals surface area contributed by atoms with Crippen molar-refractivity contribution in [3.05, 3.63) is 0 Å². The molecule has 2 aliphatic heterocycles. The number of piperidine rings is 2. The van der Waals surface area contributed by atoms with Crippen LogP contribution in [0.25, 0.3) is 0 Å². The zero-order valence-corrected chi connectivity index (χ0v) is 16.1. The van der Waals surface area contributed by atoms with E-state index in [0.717, 1.165) is 32.2 Å². The Morgan fingerprint density at radius 2 is 1.88 bits per heavy atom. The van der Waals surface area contributed by atoms with Crippen LogP contribution in [0.15, 0.2) is 0 Å². The lowest BCUT2D eigenvalue weighted by Gasteiger charge is -2.45. The van der Waals surface area contributed by atoms with Gasteiger partial charge in [0.2, 0.25) is 5.91 Å². The summed E-state index contributed by atoms with van der Waals surface area (Å²) >= 11 is 0. The molecule has 0 bridgehead atoms. The third kappa shape index (κ3) is 5.31. The third-order valence-corrected chi connectivity index (χ3v) is 4.98. The summed E-state index contributed by atoms with van der Waals surface area (Å²) in [6, 6.07) is 0.372. The molecule has 0 aliphatic carbocycles. The summed E-state index contributed by atoms with van der Waals surface area (Å²) in [5, 5.41) is 2.86. The highest BCUT2D eigenvalue weighted by Crippen LogP contribution is 2.26. The molecule has 0 radical (unpaired) electrons. The molecule has 2 saturated heterocycles. The predicted molar refractivity (Wildman–Crippen MR) is 97.2 cm³/mol. The molecule has 0 aromatic carbocycles. The second-order valence-electron chi connectivity index (χ2n) is 8.29. The van der Waals surface area contributed by atoms with Crippen molar-refractivity contribution in [2.24, 2.45) is 5.73 Å². The second kappa shape index (κ2) is 7.91. The Kier molecular flexibility index (Phi) is 6.32. The van der Waals surface area contributed by atoms with Crippen molar-refractivity contribution < 1.29 is 14.3 Å². The molecule has 7 nitrogen and oxygen atoms in total. The van der Waals surface area contributed by atoms with Crippen LogP contribution >= 0.6 is 0 Å². The standard InChI is InChI=1S/C18H34N4O3/c1-5-20-15(23)18(19)9-6-10-22(13-18)14-7-11-21(12-8-14)16(24)25-17(2,3)4/h14H,5-13,19H2,1-4H3,(H,20,23). The molecule has 2 aliphatic rings. The van der Waals surface area contributed by atoms with Gasteiger partial charge in [0, 0.05) is 32.2 Å². The Bertz CT molecular complexity index is 483. The fourth-order valence-electron chi connectivity index (χ4n) is 3.69. The first-order valence-corrected chi connectivity index (χ1v) is 9.44. The van der Waals surface area contributed by atoms with Crippen molar-refractivity contribution in [1.82, 2.24) is 15.1 Å². The molecule has 25 heavy (non-hydrogen) atoms. The van der Waals surface area contributed by atoms with Crippen LogP contribution in [0.3, 0.4) is 0 Å². The van der Waals surface area contributed by atoms with Gasteiger partial charge in [-0.3, -0.25) is 9.69 Å². The number of nitrogens with one attached hydrogen (secondary N) is 1. The van der Waals surface area contributed by atoms with Gasteiger partial charge in [-0.15, -0.1) is 0 Å². The molecule has 0 aromatic rings. The molecule has 0 aromatic heterocycles. The maximum absolute atomic E-state index is 12.3. The van der Waals surface area contributed by atoms with Crippen LogP contribution in [0.2, 0.25) is 0 Å². The zero-order valence-electron chi connectivity index (χ0n) is 16.1. The van der Waals surface area contributed by atoms with Crippen LogP contribution in [0.5, 0.6) is 0 Å². The van der Waals surface area contributed by atoms with Crippen LogP contribution in [0.4, 0.5) is 4.79 Å². The average Bonchev–Trinajstić information content (AvgIpc) is 2.54. The number of ether oxygens (including phenoxy) is 1. The minimum Gasteiger partial charge on any atom is -0.444 e. The number of nitrogens with zero attached hydrogens (tertiary/aromatic N) is 2. The van der Waals surface area contributed by atoms with E-state index in [2.05, 4.69) is 10.2 Å². The van der Waals surface area contributed by atoms with Crippen LogP contribution in [-0.4, -0.2) is 71.7 Å². The van der Waals surface area contributed by atoms with Gasteiger partial charge in [0.15, 0.2) is 0 Å². The molecule has 1 atom stereocenters. The molecular formula is C18H34N4O3. The Morgan fingerprint density at radius 1 is 1.24 bits per heavy atom. The fraction of sp³-hybridized carbons (Fsp3) is 0.889. The molecule has 0 saturated carbocycles. The fourth-order valence-corrected chi connectivity index (χ4v) is 3.69. The van der Waals surface area contributed by atoms with Crippen molar-refractivity contribution in [3.8, 4) is 0 Å². The molecule has 144 valence electrons. The Morgan fingerprint density at radius 3 is 2.44 bits per heavy atom. The van der Waals surface area contributed by atoms with Gasteiger partial charge in [-0.05, 0) is 59.9 Å². The van der Waals surface area contributed by atoms with E-state index in [0.29, 0.717) is 32.2 Å². The second-order valence-corrected chi connectivity index (χ2v) is 8.29. The van der Waals surface area contributed by atoms with Crippen molar-refractivity contribution >= 4 is 12.0 Å². The van der Waals surface area contributed by atoms with E-state index < -0.39 is 11.1 Å². The number of likely N-dealkylation sites (N-methyl/N-ethyl adjacent to an activating group) is 1. The van der Waals surface area contributed by atoms with Gasteiger partial charge in [-0.2, -0.15) is 0 Å². The molecule has 2 amide bonds. The Hall–Kier alpha value is -1.34. The van der Waals surface area contributed by atoms with Crippen LogP contribution in [0, 0.1) is 0 Å². The highest BCUT2D eigenvalue weighted by atomic mass is 16.6. The average molecular weight is 354 g/mol. The van der Waals surface area contributed by atoms with Crippen molar-refractivity contribution in [2.75, 3.05) is 32.7 Å². The number of amides is 2. The van der Waals surface area contributed by atoms with Crippen molar-refractivity contribution in [1.29, 1.82) is 0 Å². The van der Waals surface area contributed by atoms with Crippen LogP contribution in [-0.2, 0) is 9.53 Å². The maximum Gasteiger partial charge on any atom is 0.410 e. The highest BCUT2D eigenvalue weighted by Gasteiger charge is 2.41. The molecule has 2 fully saturated rings. The molecular weight excluding hydrogens is 320 g/mol. The monoisotopic (exact) mass is 354 g/mol. The summed E-state index contributed by atoms with van der Waals surface area (Å²) in [5.74, 6) is -0.0501. The number of nitrogens with two attached hydrogens (primary N) is 1. The molecule has 0 spiro atoms. The summed E-state index contributed by atoms with van der Waals surface area (Å²) < 4.78 is 5.45. The Labute approximate surface area is 151 Å². The number of carbonyl (C=O) groups is 2. The van der Waals surface area contributed by atoms with Gasteiger partial charge in [0.25, 0.3) is 0 Å². The maximum atomic E-state index is 12.3. The van der Waals surface area contributed by atoms with E-state index in [1.807, 2.05) is 27.7 Å². The summed E-state index contributed by atoms with van der Waals surface area (Å²) in [6.07, 6.45) is 3.21.